The van der Waals surface area contributed by atoms with Crippen molar-refractivity contribution in [1.82, 2.24) is 39.5 Å². The molecule has 386 valence electrons. The number of aromatic nitrogens is 4. The summed E-state index contributed by atoms with van der Waals surface area (Å²) < 4.78 is 17.1. The van der Waals surface area contributed by atoms with E-state index in [4.69, 9.17) is 9.97 Å². The summed E-state index contributed by atoms with van der Waals surface area (Å²) in [7, 11) is 0. The van der Waals surface area contributed by atoms with Gasteiger partial charge in [-0.15, -0.1) is 0 Å². The minimum atomic E-state index is -0.748. The van der Waals surface area contributed by atoms with Crippen LogP contribution in [0, 0.1) is 17.7 Å². The van der Waals surface area contributed by atoms with Crippen LogP contribution in [0.2, 0.25) is 0 Å². The Kier molecular flexibility index (Phi) is 12.7. The number of piperidine rings is 4. The molecule has 0 bridgehead atoms. The van der Waals surface area contributed by atoms with Gasteiger partial charge < -0.3 is 34.4 Å². The van der Waals surface area contributed by atoms with E-state index in [9.17, 15) is 19.2 Å². The van der Waals surface area contributed by atoms with Crippen LogP contribution in [0.5, 0.6) is 0 Å². The first kappa shape index (κ1) is 48.2. The molecule has 17 heteroatoms. The van der Waals surface area contributed by atoms with Crippen LogP contribution in [0.1, 0.15) is 114 Å². The molecular formula is C57H66FN11O5. The Morgan fingerprint density at radius 1 is 0.797 bits per heavy atom. The van der Waals surface area contributed by atoms with Crippen LogP contribution >= 0.6 is 0 Å². The molecule has 9 heterocycles. The number of anilines is 4. The van der Waals surface area contributed by atoms with Crippen molar-refractivity contribution >= 4 is 63.6 Å². The van der Waals surface area contributed by atoms with E-state index in [-0.39, 0.29) is 59.3 Å². The van der Waals surface area contributed by atoms with Crippen LogP contribution < -0.4 is 20.4 Å². The van der Waals surface area contributed by atoms with Gasteiger partial charge in [-0.05, 0) is 133 Å². The third-order valence-corrected chi connectivity index (χ3v) is 17.7. The molecule has 74 heavy (non-hydrogen) atoms. The van der Waals surface area contributed by atoms with E-state index in [2.05, 4.69) is 62.4 Å². The molecule has 3 aromatic heterocycles. The van der Waals surface area contributed by atoms with Crippen molar-refractivity contribution in [1.29, 1.82) is 0 Å². The maximum Gasteiger partial charge on any atom is 0.238 e. The van der Waals surface area contributed by atoms with Crippen LogP contribution in [0.25, 0.3) is 22.3 Å². The van der Waals surface area contributed by atoms with Crippen molar-refractivity contribution in [3.8, 4) is 11.3 Å². The van der Waals surface area contributed by atoms with Gasteiger partial charge in [0.1, 0.15) is 17.2 Å². The molecule has 12 rings (SSSR count). The highest BCUT2D eigenvalue weighted by molar-refractivity contribution is 6.09. The summed E-state index contributed by atoms with van der Waals surface area (Å²) in [4.78, 5) is 92.8. The maximum absolute atomic E-state index is 15.3. The first-order valence-electron chi connectivity index (χ1n) is 27.2. The summed E-state index contributed by atoms with van der Waals surface area (Å²) in [6.45, 7) is 9.70. The molecule has 5 saturated heterocycles. The Hall–Kier alpha value is -6.75. The fourth-order valence-corrected chi connectivity index (χ4v) is 13.3. The van der Waals surface area contributed by atoms with Gasteiger partial charge in [-0.1, -0.05) is 36.8 Å². The standard InChI is InChI=1S/C57H66FN11O5/c1-35(2)68-34-60-47-31-46(62-52(51(47)68)61-45-9-5-4-8-44(45)58)37-10-13-43-48(28-37)69(41-29-40(30-41)64-21-6-3-7-22-64)56(74)57(43)19-26-66(27-20-57)54(72)36-16-23-65(24-17-36)55(73)39-18-25-67(33-39)49-14-11-38(32-59-49)42-12-15-50(70)63-53(42)71/h4-5,8-11,13-14,28,31-32,34-36,39-42H,3,6-7,12,15-27,29-30,33H2,1-2H3,(H,61,62)(H,63,70,71)/t39-,40?,41?,42-/m1/s1. The number of rotatable bonds is 10. The Morgan fingerprint density at radius 3 is 2.27 bits per heavy atom. The lowest BCUT2D eigenvalue weighted by molar-refractivity contribution is -0.144. The number of imide groups is 1. The number of benzene rings is 2. The topological polar surface area (TPSA) is 169 Å². The van der Waals surface area contributed by atoms with E-state index in [1.165, 1.54) is 25.3 Å². The fraction of sp³-hybridized carbons (Fsp3) is 0.509. The van der Waals surface area contributed by atoms with E-state index >= 15 is 9.18 Å². The fourth-order valence-electron chi connectivity index (χ4n) is 13.3. The third kappa shape index (κ3) is 8.67. The molecule has 2 aromatic carbocycles. The minimum Gasteiger partial charge on any atom is -0.356 e. The molecule has 6 aliphatic heterocycles. The quantitative estimate of drug-likeness (QED) is 0.133. The average Bonchev–Trinajstić information content (AvgIpc) is 4.14. The monoisotopic (exact) mass is 1000 g/mol. The van der Waals surface area contributed by atoms with Gasteiger partial charge in [0.15, 0.2) is 5.82 Å². The normalized spacial score (nSPS) is 24.5. The van der Waals surface area contributed by atoms with E-state index < -0.39 is 11.3 Å². The van der Waals surface area contributed by atoms with E-state index in [0.717, 1.165) is 71.6 Å². The number of hydrogen-bond donors (Lipinski definition) is 2. The summed E-state index contributed by atoms with van der Waals surface area (Å²) in [5.41, 5.74) is 5.34. The number of pyridine rings is 2. The highest BCUT2D eigenvalue weighted by atomic mass is 19.1. The molecule has 1 aliphatic carbocycles. The number of para-hydroxylation sites is 1. The van der Waals surface area contributed by atoms with Crippen LogP contribution in [0.15, 0.2) is 73.2 Å². The third-order valence-electron chi connectivity index (χ3n) is 17.7. The first-order chi connectivity index (χ1) is 35.9. The average molecular weight is 1000 g/mol. The van der Waals surface area contributed by atoms with Gasteiger partial charge in [0.05, 0.1) is 40.5 Å². The molecule has 5 aromatic rings. The second kappa shape index (κ2) is 19.5. The molecular weight excluding hydrogens is 938 g/mol. The number of carbonyl (C=O) groups excluding carboxylic acids is 5. The second-order valence-electron chi connectivity index (χ2n) is 22.2. The first-order valence-corrected chi connectivity index (χ1v) is 27.2. The van der Waals surface area contributed by atoms with Gasteiger partial charge in [0, 0.05) is 87.2 Å². The molecule has 1 saturated carbocycles. The van der Waals surface area contributed by atoms with Gasteiger partial charge in [0.2, 0.25) is 29.5 Å². The molecule has 16 nitrogen and oxygen atoms in total. The lowest BCUT2D eigenvalue weighted by Gasteiger charge is -2.48. The highest BCUT2D eigenvalue weighted by Gasteiger charge is 2.56. The number of carbonyl (C=O) groups is 5. The number of hydrogen-bond acceptors (Lipinski definition) is 11. The minimum absolute atomic E-state index is 0.0770. The van der Waals surface area contributed by atoms with E-state index in [1.54, 1.807) is 30.7 Å². The molecule has 6 fully saturated rings. The zero-order valence-electron chi connectivity index (χ0n) is 42.5. The van der Waals surface area contributed by atoms with Crippen molar-refractivity contribution in [2.75, 3.05) is 67.5 Å². The molecule has 0 radical (unpaired) electrons. The van der Waals surface area contributed by atoms with Gasteiger partial charge in [-0.25, -0.2) is 19.3 Å². The zero-order valence-corrected chi connectivity index (χ0v) is 42.5. The molecule has 2 N–H and O–H groups in total. The number of nitrogens with zero attached hydrogens (tertiary/aromatic N) is 9. The number of halogens is 1. The number of amides is 5. The predicted octanol–water partition coefficient (Wildman–Crippen LogP) is 7.47. The van der Waals surface area contributed by atoms with Gasteiger partial charge in [0.25, 0.3) is 0 Å². The number of imidazole rings is 1. The Labute approximate surface area is 431 Å². The summed E-state index contributed by atoms with van der Waals surface area (Å²) in [5, 5.41) is 5.70. The van der Waals surface area contributed by atoms with Gasteiger partial charge >= 0.3 is 0 Å². The molecule has 0 unspecified atom stereocenters. The highest BCUT2D eigenvalue weighted by Crippen LogP contribution is 2.52. The molecule has 7 aliphatic rings. The summed E-state index contributed by atoms with van der Waals surface area (Å²) in [5.74, 6) is 0.000615. The van der Waals surface area contributed by atoms with Crippen LogP contribution in [-0.4, -0.2) is 128 Å². The summed E-state index contributed by atoms with van der Waals surface area (Å²) in [6, 6.07) is 19.3. The molecule has 2 atom stereocenters. The Balaban J connectivity index is 0.726. The zero-order chi connectivity index (χ0) is 50.8. The van der Waals surface area contributed by atoms with Crippen molar-refractivity contribution in [2.45, 2.75) is 120 Å². The number of fused-ring (bicyclic) bond motifs is 3. The predicted molar refractivity (Wildman–Crippen MR) is 279 cm³/mol. The lowest BCUT2D eigenvalue weighted by atomic mass is 9.73. The molecule has 5 amide bonds. The summed E-state index contributed by atoms with van der Waals surface area (Å²) >= 11 is 0. The molecule has 1 spiro atoms. The van der Waals surface area contributed by atoms with Crippen molar-refractivity contribution in [2.24, 2.45) is 11.8 Å². The van der Waals surface area contributed by atoms with E-state index in [1.807, 2.05) is 32.6 Å². The summed E-state index contributed by atoms with van der Waals surface area (Å²) in [6.07, 6.45) is 12.9. The van der Waals surface area contributed by atoms with Gasteiger partial charge in [-0.2, -0.15) is 0 Å². The Morgan fingerprint density at radius 2 is 1.54 bits per heavy atom. The SMILES string of the molecule is CC(C)n1cnc2cc(-c3ccc4c(c3)N(C3CC(N5CCCCC5)C3)C(=O)C43CCN(C(=O)C4CCN(C(=O)[C@@H]5CCN(c6ccc([C@H]7CCC(=O)NC7=O)cn6)C5)CC4)CC3)nc(Nc3ccccc3F)c21. The smallest absolute Gasteiger partial charge is 0.238 e. The number of nitrogens with one attached hydrogen (secondary N) is 2. The van der Waals surface area contributed by atoms with E-state index in [0.29, 0.717) is 101 Å². The lowest BCUT2D eigenvalue weighted by Crippen LogP contribution is -2.58. The van der Waals surface area contributed by atoms with Crippen molar-refractivity contribution in [3.05, 3.63) is 90.1 Å². The Bertz CT molecular complexity index is 3000. The maximum atomic E-state index is 15.3. The van der Waals surface area contributed by atoms with Crippen LogP contribution in [0.3, 0.4) is 0 Å². The second-order valence-corrected chi connectivity index (χ2v) is 22.2. The van der Waals surface area contributed by atoms with Crippen molar-refractivity contribution in [3.63, 3.8) is 0 Å². The van der Waals surface area contributed by atoms with Crippen molar-refractivity contribution < 1.29 is 28.4 Å². The van der Waals surface area contributed by atoms with Crippen LogP contribution in [-0.2, 0) is 29.4 Å². The van der Waals surface area contributed by atoms with Crippen LogP contribution in [0.4, 0.5) is 27.4 Å². The van der Waals surface area contributed by atoms with Gasteiger partial charge in [-0.3, -0.25) is 29.3 Å². The largest absolute Gasteiger partial charge is 0.356 e. The number of likely N-dealkylation sites (tertiary alicyclic amines) is 3.